The first-order valence-corrected chi connectivity index (χ1v) is 7.28. The highest BCUT2D eigenvalue weighted by Crippen LogP contribution is 2.36. The van der Waals surface area contributed by atoms with Gasteiger partial charge in [0.15, 0.2) is 0 Å². The van der Waals surface area contributed by atoms with Gasteiger partial charge in [-0.1, -0.05) is 6.08 Å². The molecule has 14 heavy (non-hydrogen) atoms. The molecule has 0 spiro atoms. The lowest BCUT2D eigenvalue weighted by molar-refractivity contribution is 0.316. The van der Waals surface area contributed by atoms with Crippen molar-refractivity contribution in [3.05, 3.63) is 11.9 Å². The zero-order valence-electron chi connectivity index (χ0n) is 7.66. The first-order chi connectivity index (χ1) is 6.21. The van der Waals surface area contributed by atoms with Crippen LogP contribution in [0.1, 0.15) is 12.8 Å². The second kappa shape index (κ2) is 5.63. The highest BCUT2D eigenvalue weighted by Gasteiger charge is 2.04. The van der Waals surface area contributed by atoms with Crippen molar-refractivity contribution in [2.45, 2.75) is 12.8 Å². The van der Waals surface area contributed by atoms with Gasteiger partial charge in [0.2, 0.25) is 0 Å². The Labute approximate surface area is 82.9 Å². The minimum Gasteiger partial charge on any atom is -0.321 e. The van der Waals surface area contributed by atoms with Gasteiger partial charge in [0, 0.05) is 5.82 Å². The van der Waals surface area contributed by atoms with E-state index >= 15 is 0 Å². The Hall–Kier alpha value is -0.200. The van der Waals surface area contributed by atoms with E-state index in [-0.39, 0.29) is 6.61 Å². The van der Waals surface area contributed by atoms with Gasteiger partial charge in [0.25, 0.3) is 10.1 Å². The third-order valence-corrected chi connectivity index (χ3v) is 2.31. The Bertz CT molecular complexity index is 326. The van der Waals surface area contributed by atoms with Crippen LogP contribution in [-0.4, -0.2) is 31.1 Å². The third-order valence-electron chi connectivity index (χ3n) is 1.11. The molecule has 0 rings (SSSR count). The van der Waals surface area contributed by atoms with E-state index in [2.05, 4.69) is 4.18 Å². The summed E-state index contributed by atoms with van der Waals surface area (Å²) in [5, 5.41) is 0. The molecule has 0 aromatic rings. The van der Waals surface area contributed by atoms with Crippen LogP contribution in [0.15, 0.2) is 11.9 Å². The summed E-state index contributed by atoms with van der Waals surface area (Å²) in [5.74, 6) is 0.785. The average Bonchev–Trinajstić information content (AvgIpc) is 1.92. The number of rotatable bonds is 6. The van der Waals surface area contributed by atoms with Crippen LogP contribution in [0.25, 0.3) is 0 Å². The molecule has 0 aromatic heterocycles. The van der Waals surface area contributed by atoms with Crippen LogP contribution in [0, 0.1) is 0 Å². The Balaban J connectivity index is 3.59. The van der Waals surface area contributed by atoms with Gasteiger partial charge in [-0.3, -0.25) is 8.75 Å². The molecule has 0 saturated heterocycles. The smallest absolute Gasteiger partial charge is 0.321 e. The zero-order chi connectivity index (χ0) is 11.2. The predicted octanol–water partition coefficient (Wildman–Crippen LogP) is 0.434. The molecule has 0 aliphatic heterocycles. The van der Waals surface area contributed by atoms with E-state index < -0.39 is 17.7 Å². The van der Waals surface area contributed by atoms with Crippen LogP contribution >= 0.6 is 7.60 Å². The third kappa shape index (κ3) is 11.8. The summed E-state index contributed by atoms with van der Waals surface area (Å²) in [6, 6.07) is 0. The molecule has 0 amide bonds. The van der Waals surface area contributed by atoms with Gasteiger partial charge in [0.1, 0.15) is 0 Å². The van der Waals surface area contributed by atoms with E-state index in [9.17, 15) is 13.0 Å². The van der Waals surface area contributed by atoms with Crippen molar-refractivity contribution in [3.8, 4) is 0 Å². The molecule has 0 unspecified atom stereocenters. The Kier molecular flexibility index (Phi) is 5.54. The standard InChI is InChI=1S/C6H13O6PS/c1-14(10,11)12-5-3-2-4-6-13(7,8)9/h4,6H,2-3,5H2,1H3,(H2,7,8,9)/b6-4+. The summed E-state index contributed by atoms with van der Waals surface area (Å²) in [6.07, 6.45) is 3.00. The first-order valence-electron chi connectivity index (χ1n) is 3.78. The Morgan fingerprint density at radius 3 is 2.43 bits per heavy atom. The van der Waals surface area contributed by atoms with E-state index in [1.165, 1.54) is 6.08 Å². The van der Waals surface area contributed by atoms with Crippen molar-refractivity contribution >= 4 is 17.7 Å². The van der Waals surface area contributed by atoms with Crippen molar-refractivity contribution in [3.63, 3.8) is 0 Å². The predicted molar refractivity (Wildman–Crippen MR) is 51.2 cm³/mol. The maximum absolute atomic E-state index is 10.5. The monoisotopic (exact) mass is 244 g/mol. The molecule has 0 atom stereocenters. The molecule has 0 radical (unpaired) electrons. The van der Waals surface area contributed by atoms with Crippen LogP contribution < -0.4 is 0 Å². The van der Waals surface area contributed by atoms with Gasteiger partial charge >= 0.3 is 7.60 Å². The normalized spacial score (nSPS) is 13.6. The average molecular weight is 244 g/mol. The van der Waals surface area contributed by atoms with E-state index in [1.54, 1.807) is 0 Å². The molecule has 0 fully saturated rings. The number of allylic oxidation sites excluding steroid dienone is 1. The lowest BCUT2D eigenvalue weighted by Gasteiger charge is -1.98. The van der Waals surface area contributed by atoms with Crippen molar-refractivity contribution < 1.29 is 27.0 Å². The Morgan fingerprint density at radius 2 is 2.00 bits per heavy atom. The van der Waals surface area contributed by atoms with E-state index in [4.69, 9.17) is 9.79 Å². The molecule has 8 heteroatoms. The molecular weight excluding hydrogens is 231 g/mol. The first kappa shape index (κ1) is 13.8. The van der Waals surface area contributed by atoms with Crippen molar-refractivity contribution in [2.75, 3.05) is 12.9 Å². The van der Waals surface area contributed by atoms with Crippen molar-refractivity contribution in [2.24, 2.45) is 0 Å². The maximum Gasteiger partial charge on any atom is 0.348 e. The molecule has 0 bridgehead atoms. The number of unbranched alkanes of at least 4 members (excludes halogenated alkanes) is 1. The van der Waals surface area contributed by atoms with E-state index in [0.717, 1.165) is 12.1 Å². The van der Waals surface area contributed by atoms with Gasteiger partial charge in [-0.05, 0) is 12.8 Å². The van der Waals surface area contributed by atoms with Gasteiger partial charge in [-0.25, -0.2) is 0 Å². The summed E-state index contributed by atoms with van der Waals surface area (Å²) in [6.45, 7) is 0.0182. The van der Waals surface area contributed by atoms with Crippen LogP contribution in [0.3, 0.4) is 0 Å². The molecule has 2 N–H and O–H groups in total. The minimum atomic E-state index is -4.09. The second-order valence-electron chi connectivity index (χ2n) is 2.64. The summed E-state index contributed by atoms with van der Waals surface area (Å²) < 4.78 is 35.6. The second-order valence-corrected chi connectivity index (χ2v) is 5.76. The molecular formula is C6H13O6PS. The lowest BCUT2D eigenvalue weighted by atomic mass is 10.3. The topological polar surface area (TPSA) is 101 Å². The molecule has 0 saturated carbocycles. The summed E-state index contributed by atoms with van der Waals surface area (Å²) in [7, 11) is -7.50. The fourth-order valence-corrected chi connectivity index (χ4v) is 1.47. The van der Waals surface area contributed by atoms with E-state index in [1.807, 2.05) is 0 Å². The van der Waals surface area contributed by atoms with Crippen LogP contribution in [-0.2, 0) is 18.9 Å². The summed E-state index contributed by atoms with van der Waals surface area (Å²) >= 11 is 0. The van der Waals surface area contributed by atoms with Gasteiger partial charge < -0.3 is 9.79 Å². The Morgan fingerprint density at radius 1 is 1.43 bits per heavy atom. The molecule has 6 nitrogen and oxygen atoms in total. The number of hydrogen-bond acceptors (Lipinski definition) is 4. The highest BCUT2D eigenvalue weighted by atomic mass is 32.2. The SMILES string of the molecule is CS(=O)(=O)OCCC/C=C/P(=O)(O)O. The van der Waals surface area contributed by atoms with E-state index in [0.29, 0.717) is 12.8 Å². The molecule has 0 heterocycles. The van der Waals surface area contributed by atoms with Gasteiger partial charge in [0.05, 0.1) is 12.9 Å². The van der Waals surface area contributed by atoms with Crippen molar-refractivity contribution in [1.29, 1.82) is 0 Å². The van der Waals surface area contributed by atoms with Crippen LogP contribution in [0.2, 0.25) is 0 Å². The molecule has 0 aliphatic rings. The van der Waals surface area contributed by atoms with Gasteiger partial charge in [-0.2, -0.15) is 8.42 Å². The van der Waals surface area contributed by atoms with Crippen LogP contribution in [0.4, 0.5) is 0 Å². The maximum atomic E-state index is 10.5. The minimum absolute atomic E-state index is 0.0182. The summed E-state index contributed by atoms with van der Waals surface area (Å²) in [5.41, 5.74) is 0. The molecule has 84 valence electrons. The lowest BCUT2D eigenvalue weighted by Crippen LogP contribution is -2.03. The van der Waals surface area contributed by atoms with Gasteiger partial charge in [-0.15, -0.1) is 0 Å². The van der Waals surface area contributed by atoms with Crippen LogP contribution in [0.5, 0.6) is 0 Å². The molecule has 0 aromatic carbocycles. The van der Waals surface area contributed by atoms with Crippen molar-refractivity contribution in [1.82, 2.24) is 0 Å². The zero-order valence-corrected chi connectivity index (χ0v) is 9.37. The molecule has 0 aliphatic carbocycles. The fourth-order valence-electron chi connectivity index (χ4n) is 0.623. The summed E-state index contributed by atoms with van der Waals surface area (Å²) in [4.78, 5) is 16.8. The quantitative estimate of drug-likeness (QED) is 0.399. The highest BCUT2D eigenvalue weighted by molar-refractivity contribution is 7.85. The number of hydrogen-bond donors (Lipinski definition) is 2. The fraction of sp³-hybridized carbons (Fsp3) is 0.667. The largest absolute Gasteiger partial charge is 0.348 e.